The summed E-state index contributed by atoms with van der Waals surface area (Å²) in [5, 5.41) is 10.2. The molecule has 35 heavy (non-hydrogen) atoms. The summed E-state index contributed by atoms with van der Waals surface area (Å²) in [7, 11) is 0. The van der Waals surface area contributed by atoms with Crippen molar-refractivity contribution in [2.75, 3.05) is 32.8 Å². The first-order chi connectivity index (χ1) is 16.7. The van der Waals surface area contributed by atoms with E-state index in [9.17, 15) is 14.3 Å². The summed E-state index contributed by atoms with van der Waals surface area (Å²) in [6.45, 7) is 7.57. The van der Waals surface area contributed by atoms with E-state index in [2.05, 4.69) is 21.8 Å². The number of carbonyl (C=O) groups excluding carboxylic acids is 1. The van der Waals surface area contributed by atoms with Gasteiger partial charge >= 0.3 is 0 Å². The molecule has 3 heterocycles. The first-order valence-electron chi connectivity index (χ1n) is 11.8. The molecule has 8 nitrogen and oxygen atoms in total. The molecular formula is C25H31ClFN5O3. The smallest absolute Gasteiger partial charge is 0.258 e. The van der Waals surface area contributed by atoms with Crippen LogP contribution in [0.25, 0.3) is 5.57 Å². The Bertz CT molecular complexity index is 1130. The van der Waals surface area contributed by atoms with Crippen LogP contribution in [-0.4, -0.2) is 75.7 Å². The molecule has 4 rings (SSSR count). The number of likely N-dealkylation sites (tertiary alicyclic amines) is 1. The molecule has 2 aromatic rings. The van der Waals surface area contributed by atoms with Crippen LogP contribution in [0.1, 0.15) is 47.3 Å². The standard InChI is InChI=1S/C25H31ClFN5O3/c1-4-7-31-10-18(9-17(31)13-33)35-22-8-16(27)5-6-19(22)25(34)32-11-20(21(28)12-32)24-29-14(2)23(26)15(3)30-24/h5-6,8,17-18,33H,4,7,9-13,28H2,1-3H3. The van der Waals surface area contributed by atoms with Crippen LogP contribution in [0.2, 0.25) is 5.02 Å². The number of benzene rings is 1. The highest BCUT2D eigenvalue weighted by Crippen LogP contribution is 2.30. The lowest BCUT2D eigenvalue weighted by molar-refractivity contribution is 0.0791. The Balaban J connectivity index is 1.53. The van der Waals surface area contributed by atoms with Gasteiger partial charge in [0.05, 0.1) is 41.7 Å². The second-order valence-corrected chi connectivity index (χ2v) is 9.52. The predicted octanol–water partition coefficient (Wildman–Crippen LogP) is 2.94. The summed E-state index contributed by atoms with van der Waals surface area (Å²) in [6.07, 6.45) is 1.31. The van der Waals surface area contributed by atoms with Gasteiger partial charge in [-0.05, 0) is 38.9 Å². The van der Waals surface area contributed by atoms with Crippen LogP contribution in [-0.2, 0) is 0 Å². The zero-order valence-corrected chi connectivity index (χ0v) is 21.0. The number of rotatable bonds is 7. The van der Waals surface area contributed by atoms with Crippen LogP contribution in [0.3, 0.4) is 0 Å². The van der Waals surface area contributed by atoms with E-state index in [1.165, 1.54) is 18.2 Å². The van der Waals surface area contributed by atoms with Gasteiger partial charge in [0, 0.05) is 36.3 Å². The summed E-state index contributed by atoms with van der Waals surface area (Å²) in [5.41, 5.74) is 8.99. The number of ether oxygens (including phenoxy) is 1. The van der Waals surface area contributed by atoms with E-state index < -0.39 is 5.82 Å². The minimum Gasteiger partial charge on any atom is -0.488 e. The van der Waals surface area contributed by atoms with Crippen LogP contribution >= 0.6 is 11.6 Å². The molecule has 0 radical (unpaired) electrons. The third kappa shape index (κ3) is 5.27. The monoisotopic (exact) mass is 503 g/mol. The molecule has 10 heteroatoms. The molecule has 0 saturated carbocycles. The summed E-state index contributed by atoms with van der Waals surface area (Å²) in [4.78, 5) is 26.1. The van der Waals surface area contributed by atoms with Gasteiger partial charge in [-0.25, -0.2) is 14.4 Å². The Morgan fingerprint density at radius 3 is 2.66 bits per heavy atom. The van der Waals surface area contributed by atoms with Crippen molar-refractivity contribution < 1.29 is 19.0 Å². The van der Waals surface area contributed by atoms with E-state index in [-0.39, 0.29) is 49.1 Å². The molecule has 1 aromatic heterocycles. The second kappa shape index (κ2) is 10.5. The Labute approximate surface area is 209 Å². The topological polar surface area (TPSA) is 105 Å². The van der Waals surface area contributed by atoms with Crippen molar-refractivity contribution in [1.29, 1.82) is 0 Å². The van der Waals surface area contributed by atoms with Crippen LogP contribution in [0.4, 0.5) is 4.39 Å². The Morgan fingerprint density at radius 1 is 1.29 bits per heavy atom. The van der Waals surface area contributed by atoms with E-state index in [1.54, 1.807) is 18.7 Å². The number of aryl methyl sites for hydroxylation is 2. The molecule has 188 valence electrons. The molecule has 1 amide bonds. The number of aliphatic hydroxyl groups is 1. The van der Waals surface area contributed by atoms with Gasteiger partial charge in [0.15, 0.2) is 5.82 Å². The molecule has 1 saturated heterocycles. The summed E-state index contributed by atoms with van der Waals surface area (Å²) in [5.74, 6) is -0.164. The summed E-state index contributed by atoms with van der Waals surface area (Å²) in [6, 6.07) is 3.92. The maximum atomic E-state index is 14.1. The largest absolute Gasteiger partial charge is 0.488 e. The van der Waals surface area contributed by atoms with Crippen LogP contribution in [0, 0.1) is 19.7 Å². The molecule has 1 aromatic carbocycles. The normalized spacial score (nSPS) is 20.7. The van der Waals surface area contributed by atoms with Gasteiger partial charge in [0.1, 0.15) is 17.7 Å². The minimum atomic E-state index is -0.487. The number of nitrogens with zero attached hydrogens (tertiary/aromatic N) is 4. The fourth-order valence-corrected chi connectivity index (χ4v) is 4.82. The van der Waals surface area contributed by atoms with E-state index in [1.807, 2.05) is 0 Å². The number of nitrogens with two attached hydrogens (primary N) is 1. The number of halogens is 2. The Hall–Kier alpha value is -2.75. The van der Waals surface area contributed by atoms with Crippen molar-refractivity contribution in [3.05, 3.63) is 57.5 Å². The molecule has 2 atom stereocenters. The third-order valence-corrected chi connectivity index (χ3v) is 7.06. The molecule has 0 spiro atoms. The van der Waals surface area contributed by atoms with Crippen molar-refractivity contribution in [3.8, 4) is 5.75 Å². The van der Waals surface area contributed by atoms with Crippen LogP contribution in [0.5, 0.6) is 5.75 Å². The quantitative estimate of drug-likeness (QED) is 0.598. The first-order valence-corrected chi connectivity index (χ1v) is 12.2. The zero-order chi connectivity index (χ0) is 25.3. The number of hydrogen-bond acceptors (Lipinski definition) is 7. The molecule has 2 aliphatic heterocycles. The molecule has 0 bridgehead atoms. The molecule has 1 fully saturated rings. The average Bonchev–Trinajstić information content (AvgIpc) is 3.40. The van der Waals surface area contributed by atoms with Crippen molar-refractivity contribution in [1.82, 2.24) is 19.8 Å². The zero-order valence-electron chi connectivity index (χ0n) is 20.2. The maximum absolute atomic E-state index is 14.1. The van der Waals surface area contributed by atoms with Gasteiger partial charge in [0.25, 0.3) is 5.91 Å². The molecule has 2 unspecified atom stereocenters. The molecule has 2 aliphatic rings. The van der Waals surface area contributed by atoms with Gasteiger partial charge in [-0.3, -0.25) is 9.69 Å². The second-order valence-electron chi connectivity index (χ2n) is 9.14. The summed E-state index contributed by atoms with van der Waals surface area (Å²) < 4.78 is 20.3. The highest BCUT2D eigenvalue weighted by molar-refractivity contribution is 6.31. The molecule has 0 aliphatic carbocycles. The van der Waals surface area contributed by atoms with Crippen molar-refractivity contribution in [2.45, 2.75) is 45.8 Å². The van der Waals surface area contributed by atoms with Gasteiger partial charge in [-0.15, -0.1) is 0 Å². The van der Waals surface area contributed by atoms with Gasteiger partial charge in [-0.1, -0.05) is 18.5 Å². The lowest BCUT2D eigenvalue weighted by Crippen LogP contribution is -2.33. The van der Waals surface area contributed by atoms with Gasteiger partial charge in [0.2, 0.25) is 0 Å². The minimum absolute atomic E-state index is 0.0101. The lowest BCUT2D eigenvalue weighted by Gasteiger charge is -2.21. The SMILES string of the molecule is CCCN1CC(Oc2cc(F)ccc2C(=O)N2CC(N)=C(c3nc(C)c(Cl)c(C)n3)C2)CC1CO. The number of hydrogen-bond donors (Lipinski definition) is 2. The van der Waals surface area contributed by atoms with Gasteiger partial charge in [-0.2, -0.15) is 0 Å². The Kier molecular flexibility index (Phi) is 7.59. The van der Waals surface area contributed by atoms with Gasteiger partial charge < -0.3 is 20.5 Å². The van der Waals surface area contributed by atoms with E-state index in [0.717, 1.165) is 13.0 Å². The van der Waals surface area contributed by atoms with Crippen molar-refractivity contribution in [2.24, 2.45) is 5.73 Å². The number of amides is 1. The van der Waals surface area contributed by atoms with Crippen LogP contribution < -0.4 is 10.5 Å². The van der Waals surface area contributed by atoms with Crippen molar-refractivity contribution in [3.63, 3.8) is 0 Å². The lowest BCUT2D eigenvalue weighted by atomic mass is 10.1. The summed E-state index contributed by atoms with van der Waals surface area (Å²) >= 11 is 6.20. The van der Waals surface area contributed by atoms with E-state index in [0.29, 0.717) is 46.5 Å². The average molecular weight is 504 g/mol. The number of aliphatic hydroxyl groups excluding tert-OH is 1. The Morgan fingerprint density at radius 2 is 2.00 bits per heavy atom. The maximum Gasteiger partial charge on any atom is 0.258 e. The fourth-order valence-electron chi connectivity index (χ4n) is 4.74. The third-order valence-electron chi connectivity index (χ3n) is 6.52. The highest BCUT2D eigenvalue weighted by Gasteiger charge is 2.34. The first kappa shape index (κ1) is 25.3. The highest BCUT2D eigenvalue weighted by atomic mass is 35.5. The van der Waals surface area contributed by atoms with E-state index >= 15 is 0 Å². The fraction of sp³-hybridized carbons (Fsp3) is 0.480. The van der Waals surface area contributed by atoms with E-state index in [4.69, 9.17) is 22.1 Å². The number of aromatic nitrogens is 2. The van der Waals surface area contributed by atoms with Crippen molar-refractivity contribution >= 4 is 23.1 Å². The predicted molar refractivity (Wildman–Crippen MR) is 132 cm³/mol. The van der Waals surface area contributed by atoms with Crippen LogP contribution in [0.15, 0.2) is 23.9 Å². The molecule has 3 N–H and O–H groups in total. The number of carbonyl (C=O) groups is 1. The molecular weight excluding hydrogens is 473 g/mol.